The summed E-state index contributed by atoms with van der Waals surface area (Å²) in [6.07, 6.45) is 12.0. The molecule has 0 spiro atoms. The van der Waals surface area contributed by atoms with Gasteiger partial charge in [0.15, 0.2) is 5.70 Å². The first-order valence-electron chi connectivity index (χ1n) is 11.5. The summed E-state index contributed by atoms with van der Waals surface area (Å²) in [6, 6.07) is 15.5. The third kappa shape index (κ3) is 7.39. The van der Waals surface area contributed by atoms with E-state index < -0.39 is 5.97 Å². The number of hydrogen-bond donors (Lipinski definition) is 0. The summed E-state index contributed by atoms with van der Waals surface area (Å²) in [5, 5.41) is 0. The lowest BCUT2D eigenvalue weighted by Crippen LogP contribution is -2.05. The van der Waals surface area contributed by atoms with Gasteiger partial charge in [-0.2, -0.15) is 0 Å². The van der Waals surface area contributed by atoms with Crippen LogP contribution >= 0.6 is 0 Å². The highest BCUT2D eigenvalue weighted by Gasteiger charge is 2.24. The molecule has 0 N–H and O–H groups in total. The molecule has 164 valence electrons. The normalized spacial score (nSPS) is 14.6. The van der Waals surface area contributed by atoms with Crippen LogP contribution in [0.15, 0.2) is 59.2 Å². The van der Waals surface area contributed by atoms with Crippen LogP contribution in [0.1, 0.15) is 75.0 Å². The number of aliphatic imine (C=N–C) groups is 1. The van der Waals surface area contributed by atoms with Crippen molar-refractivity contribution in [3.63, 3.8) is 0 Å². The second kappa shape index (κ2) is 12.1. The Kier molecular flexibility index (Phi) is 8.89. The number of carbonyl (C=O) groups is 1. The Morgan fingerprint density at radius 3 is 2.19 bits per heavy atom. The monoisotopic (exact) mass is 419 g/mol. The number of ether oxygens (including phenoxy) is 2. The molecule has 1 heterocycles. The predicted octanol–water partition coefficient (Wildman–Crippen LogP) is 6.86. The van der Waals surface area contributed by atoms with Crippen molar-refractivity contribution in [3.05, 3.63) is 70.9 Å². The van der Waals surface area contributed by atoms with Crippen LogP contribution in [0.2, 0.25) is 0 Å². The molecule has 4 heteroatoms. The van der Waals surface area contributed by atoms with Gasteiger partial charge in [0.25, 0.3) is 0 Å². The van der Waals surface area contributed by atoms with Gasteiger partial charge in [-0.25, -0.2) is 9.79 Å². The number of hydrogen-bond acceptors (Lipinski definition) is 4. The van der Waals surface area contributed by atoms with Crippen LogP contribution in [0.5, 0.6) is 5.75 Å². The van der Waals surface area contributed by atoms with Gasteiger partial charge < -0.3 is 9.47 Å². The number of esters is 1. The van der Waals surface area contributed by atoms with Gasteiger partial charge in [0, 0.05) is 5.56 Å². The van der Waals surface area contributed by atoms with Crippen LogP contribution in [0.4, 0.5) is 0 Å². The average molecular weight is 420 g/mol. The van der Waals surface area contributed by atoms with E-state index in [-0.39, 0.29) is 0 Å². The SMILES string of the molecule is CCCCCCCCCCOc1ccc(C2=NC(=Cc3ccc(C)cc3)C(=O)O2)cc1. The first-order valence-corrected chi connectivity index (χ1v) is 11.5. The van der Waals surface area contributed by atoms with Gasteiger partial charge in [0.1, 0.15) is 5.75 Å². The number of carbonyl (C=O) groups excluding carboxylic acids is 1. The van der Waals surface area contributed by atoms with Crippen LogP contribution in [-0.4, -0.2) is 18.5 Å². The van der Waals surface area contributed by atoms with Crippen LogP contribution < -0.4 is 4.74 Å². The summed E-state index contributed by atoms with van der Waals surface area (Å²) in [5.74, 6) is 0.732. The zero-order chi connectivity index (χ0) is 21.9. The second-order valence-corrected chi connectivity index (χ2v) is 8.09. The molecule has 2 aromatic rings. The number of rotatable bonds is 12. The molecule has 3 rings (SSSR count). The molecule has 1 aliphatic rings. The molecule has 0 atom stereocenters. The van der Waals surface area contributed by atoms with Gasteiger partial charge in [0.2, 0.25) is 5.90 Å². The highest BCUT2D eigenvalue weighted by atomic mass is 16.6. The zero-order valence-electron chi connectivity index (χ0n) is 18.7. The Balaban J connectivity index is 1.45. The Bertz CT molecular complexity index is 895. The maximum atomic E-state index is 12.2. The van der Waals surface area contributed by atoms with E-state index in [4.69, 9.17) is 9.47 Å². The maximum absolute atomic E-state index is 12.2. The van der Waals surface area contributed by atoms with Crippen molar-refractivity contribution in [2.75, 3.05) is 6.61 Å². The van der Waals surface area contributed by atoms with Crippen molar-refractivity contribution >= 4 is 17.9 Å². The van der Waals surface area contributed by atoms with E-state index in [9.17, 15) is 4.79 Å². The van der Waals surface area contributed by atoms with Crippen molar-refractivity contribution < 1.29 is 14.3 Å². The van der Waals surface area contributed by atoms with E-state index in [1.807, 2.05) is 55.5 Å². The van der Waals surface area contributed by atoms with Crippen LogP contribution in [-0.2, 0) is 9.53 Å². The zero-order valence-corrected chi connectivity index (χ0v) is 18.7. The van der Waals surface area contributed by atoms with E-state index in [0.29, 0.717) is 11.6 Å². The smallest absolute Gasteiger partial charge is 0.363 e. The van der Waals surface area contributed by atoms with Gasteiger partial charge in [-0.15, -0.1) is 0 Å². The molecule has 0 saturated carbocycles. The lowest BCUT2D eigenvalue weighted by molar-refractivity contribution is -0.129. The van der Waals surface area contributed by atoms with Gasteiger partial charge in [-0.3, -0.25) is 0 Å². The highest BCUT2D eigenvalue weighted by Crippen LogP contribution is 2.21. The Hall–Kier alpha value is -2.88. The Morgan fingerprint density at radius 1 is 0.871 bits per heavy atom. The average Bonchev–Trinajstić information content (AvgIpc) is 3.15. The fourth-order valence-corrected chi connectivity index (χ4v) is 3.47. The topological polar surface area (TPSA) is 47.9 Å². The molecule has 4 nitrogen and oxygen atoms in total. The largest absolute Gasteiger partial charge is 0.494 e. The summed E-state index contributed by atoms with van der Waals surface area (Å²) in [6.45, 7) is 5.01. The van der Waals surface area contributed by atoms with Crippen LogP contribution in [0, 0.1) is 6.92 Å². The number of nitrogens with zero attached hydrogens (tertiary/aromatic N) is 1. The molecule has 0 radical (unpaired) electrons. The summed E-state index contributed by atoms with van der Waals surface area (Å²) < 4.78 is 11.2. The molecule has 1 aliphatic heterocycles. The maximum Gasteiger partial charge on any atom is 0.363 e. The number of aryl methyl sites for hydroxylation is 1. The molecular formula is C27H33NO3. The summed E-state index contributed by atoms with van der Waals surface area (Å²) >= 11 is 0. The van der Waals surface area contributed by atoms with Crippen molar-refractivity contribution in [2.24, 2.45) is 4.99 Å². The molecule has 0 aromatic heterocycles. The third-order valence-electron chi connectivity index (χ3n) is 5.37. The van der Waals surface area contributed by atoms with Crippen LogP contribution in [0.3, 0.4) is 0 Å². The van der Waals surface area contributed by atoms with Crippen LogP contribution in [0.25, 0.3) is 6.08 Å². The minimum atomic E-state index is -0.425. The van der Waals surface area contributed by atoms with Crippen molar-refractivity contribution in [1.82, 2.24) is 0 Å². The van der Waals surface area contributed by atoms with E-state index >= 15 is 0 Å². The molecule has 0 unspecified atom stereocenters. The standard InChI is InChI=1S/C27H33NO3/c1-3-4-5-6-7-8-9-10-19-30-24-17-15-23(16-18-24)26-28-25(27(29)31-26)20-22-13-11-21(2)12-14-22/h11-18,20H,3-10,19H2,1-2H3. The van der Waals surface area contributed by atoms with Crippen molar-refractivity contribution in [3.8, 4) is 5.75 Å². The molecule has 0 aliphatic carbocycles. The van der Waals surface area contributed by atoms with Gasteiger partial charge in [-0.1, -0.05) is 81.7 Å². The lowest BCUT2D eigenvalue weighted by atomic mass is 10.1. The molecule has 0 saturated heterocycles. The summed E-state index contributed by atoms with van der Waals surface area (Å²) in [7, 11) is 0. The quantitative estimate of drug-likeness (QED) is 0.214. The van der Waals surface area contributed by atoms with E-state index in [1.165, 1.54) is 50.5 Å². The minimum Gasteiger partial charge on any atom is -0.494 e. The number of unbranched alkanes of at least 4 members (excludes halogenated alkanes) is 7. The minimum absolute atomic E-state index is 0.314. The first-order chi connectivity index (χ1) is 15.2. The molecule has 0 fully saturated rings. The molecule has 31 heavy (non-hydrogen) atoms. The van der Waals surface area contributed by atoms with Gasteiger partial charge in [0.05, 0.1) is 6.61 Å². The van der Waals surface area contributed by atoms with E-state index in [2.05, 4.69) is 11.9 Å². The Morgan fingerprint density at radius 2 is 1.52 bits per heavy atom. The van der Waals surface area contributed by atoms with Gasteiger partial charge >= 0.3 is 5.97 Å². The number of benzene rings is 2. The Labute approximate surface area is 186 Å². The molecule has 2 aromatic carbocycles. The molecule has 0 bridgehead atoms. The van der Waals surface area contributed by atoms with E-state index in [0.717, 1.165) is 29.9 Å². The molecular weight excluding hydrogens is 386 g/mol. The first kappa shape index (κ1) is 22.8. The van der Waals surface area contributed by atoms with E-state index in [1.54, 1.807) is 6.08 Å². The fourth-order valence-electron chi connectivity index (χ4n) is 3.47. The van der Waals surface area contributed by atoms with Crippen molar-refractivity contribution in [2.45, 2.75) is 65.2 Å². The second-order valence-electron chi connectivity index (χ2n) is 8.09. The predicted molar refractivity (Wildman–Crippen MR) is 126 cm³/mol. The number of cyclic esters (lactones) is 1. The van der Waals surface area contributed by atoms with Crippen molar-refractivity contribution in [1.29, 1.82) is 0 Å². The summed E-state index contributed by atoms with van der Waals surface area (Å²) in [4.78, 5) is 16.5. The fraction of sp³-hybridized carbons (Fsp3) is 0.407. The lowest BCUT2D eigenvalue weighted by Gasteiger charge is -2.07. The highest BCUT2D eigenvalue weighted by molar-refractivity contribution is 6.12. The third-order valence-corrected chi connectivity index (χ3v) is 5.37. The van der Waals surface area contributed by atoms with Gasteiger partial charge in [-0.05, 0) is 49.2 Å². The summed E-state index contributed by atoms with van der Waals surface area (Å²) in [5.41, 5.74) is 3.17. The molecule has 0 amide bonds.